The first-order valence-corrected chi connectivity index (χ1v) is 12.6. The summed E-state index contributed by atoms with van der Waals surface area (Å²) >= 11 is 6.04. The molecule has 0 aliphatic carbocycles. The van der Waals surface area contributed by atoms with Gasteiger partial charge in [-0.1, -0.05) is 23.7 Å². The lowest BCUT2D eigenvalue weighted by Gasteiger charge is -2.29. The van der Waals surface area contributed by atoms with E-state index in [1.807, 2.05) is 22.9 Å². The second-order valence-electron chi connectivity index (χ2n) is 9.18. The Kier molecular flexibility index (Phi) is 7.38. The molecule has 0 amide bonds. The molecule has 0 unspecified atom stereocenters. The van der Waals surface area contributed by atoms with Crippen LogP contribution in [0.5, 0.6) is 5.75 Å². The zero-order chi connectivity index (χ0) is 23.2. The van der Waals surface area contributed by atoms with Crippen molar-refractivity contribution in [2.45, 2.75) is 50.5 Å². The number of imidazole rings is 1. The molecule has 7 heteroatoms. The first-order valence-electron chi connectivity index (χ1n) is 12.2. The average molecular weight is 482 g/mol. The lowest BCUT2D eigenvalue weighted by Crippen LogP contribution is -2.37. The monoisotopic (exact) mass is 481 g/mol. The summed E-state index contributed by atoms with van der Waals surface area (Å²) in [5.41, 5.74) is 2.48. The number of halogens is 1. The number of ether oxygens (including phenoxy) is 3. The van der Waals surface area contributed by atoms with Gasteiger partial charge in [0, 0.05) is 42.6 Å². The second kappa shape index (κ2) is 10.8. The first-order chi connectivity index (χ1) is 16.7. The number of hydrogen-bond donors (Lipinski definition) is 0. The molecule has 0 bridgehead atoms. The first kappa shape index (κ1) is 23.2. The molecule has 5 rings (SSSR count). The van der Waals surface area contributed by atoms with Gasteiger partial charge in [-0.25, -0.2) is 4.98 Å². The van der Waals surface area contributed by atoms with Gasteiger partial charge >= 0.3 is 0 Å². The molecule has 2 aliphatic heterocycles. The van der Waals surface area contributed by atoms with Gasteiger partial charge in [-0.15, -0.1) is 0 Å². The fraction of sp³-hybridized carbons (Fsp3) is 0.444. The number of piperidine rings is 1. The minimum atomic E-state index is -0.716. The topological polar surface area (TPSA) is 48.8 Å². The molecule has 0 N–H and O–H groups in total. The summed E-state index contributed by atoms with van der Waals surface area (Å²) in [5.74, 6) is 0.143. The van der Waals surface area contributed by atoms with Crippen LogP contribution in [0, 0.1) is 0 Å². The van der Waals surface area contributed by atoms with E-state index in [1.54, 1.807) is 12.5 Å². The lowest BCUT2D eigenvalue weighted by molar-refractivity contribution is -0.184. The van der Waals surface area contributed by atoms with Crippen molar-refractivity contribution in [3.8, 4) is 5.75 Å². The molecule has 2 saturated heterocycles. The van der Waals surface area contributed by atoms with Crippen LogP contribution in [0.2, 0.25) is 5.02 Å². The van der Waals surface area contributed by atoms with E-state index in [2.05, 4.69) is 46.3 Å². The third-order valence-corrected chi connectivity index (χ3v) is 6.85. The largest absolute Gasteiger partial charge is 0.491 e. The molecule has 2 aromatic carbocycles. The van der Waals surface area contributed by atoms with Gasteiger partial charge < -0.3 is 23.7 Å². The summed E-state index contributed by atoms with van der Waals surface area (Å²) in [7, 11) is 0. The van der Waals surface area contributed by atoms with E-state index in [4.69, 9.17) is 25.8 Å². The number of hydrogen-bond acceptors (Lipinski definition) is 5. The predicted molar refractivity (Wildman–Crippen MR) is 134 cm³/mol. The molecule has 0 radical (unpaired) electrons. The van der Waals surface area contributed by atoms with Crippen molar-refractivity contribution >= 4 is 17.3 Å². The third-order valence-electron chi connectivity index (χ3n) is 6.60. The predicted octanol–water partition coefficient (Wildman–Crippen LogP) is 5.35. The summed E-state index contributed by atoms with van der Waals surface area (Å²) in [6, 6.07) is 16.4. The zero-order valence-electron chi connectivity index (χ0n) is 19.4. The van der Waals surface area contributed by atoms with Crippen molar-refractivity contribution in [1.82, 2.24) is 9.55 Å². The Hall–Kier alpha value is -2.54. The summed E-state index contributed by atoms with van der Waals surface area (Å²) in [4.78, 5) is 6.62. The van der Waals surface area contributed by atoms with Gasteiger partial charge in [0.25, 0.3) is 0 Å². The number of benzene rings is 2. The van der Waals surface area contributed by atoms with Gasteiger partial charge in [0.1, 0.15) is 18.5 Å². The number of rotatable bonds is 9. The van der Waals surface area contributed by atoms with Crippen LogP contribution in [-0.4, -0.2) is 47.7 Å². The number of aromatic nitrogens is 2. The van der Waals surface area contributed by atoms with Crippen molar-refractivity contribution in [3.05, 3.63) is 77.8 Å². The zero-order valence-corrected chi connectivity index (χ0v) is 20.2. The fourth-order valence-electron chi connectivity index (χ4n) is 4.73. The Labute approximate surface area is 206 Å². The van der Waals surface area contributed by atoms with Gasteiger partial charge in [-0.05, 0) is 67.6 Å². The number of anilines is 1. The molecule has 180 valence electrons. The maximum atomic E-state index is 6.48. The molecule has 1 aromatic heterocycles. The minimum absolute atomic E-state index is 0.129. The Morgan fingerprint density at radius 1 is 1.03 bits per heavy atom. The van der Waals surface area contributed by atoms with Crippen LogP contribution in [0.4, 0.5) is 5.69 Å². The van der Waals surface area contributed by atoms with Crippen molar-refractivity contribution < 1.29 is 14.2 Å². The summed E-state index contributed by atoms with van der Waals surface area (Å²) in [6.07, 6.45) is 10.8. The Balaban J connectivity index is 1.18. The smallest absolute Gasteiger partial charge is 0.187 e. The number of aryl methyl sites for hydroxylation is 1. The highest BCUT2D eigenvalue weighted by atomic mass is 35.5. The molecule has 3 aromatic rings. The van der Waals surface area contributed by atoms with Crippen molar-refractivity contribution in [3.63, 3.8) is 0 Å². The highest BCUT2D eigenvalue weighted by molar-refractivity contribution is 6.30. The van der Waals surface area contributed by atoms with Crippen LogP contribution >= 0.6 is 11.6 Å². The molecule has 34 heavy (non-hydrogen) atoms. The van der Waals surface area contributed by atoms with E-state index >= 15 is 0 Å². The van der Waals surface area contributed by atoms with Gasteiger partial charge in [0.05, 0.1) is 19.5 Å². The van der Waals surface area contributed by atoms with Gasteiger partial charge in [-0.3, -0.25) is 0 Å². The van der Waals surface area contributed by atoms with Crippen LogP contribution in [0.3, 0.4) is 0 Å². The van der Waals surface area contributed by atoms with Crippen molar-refractivity contribution in [1.29, 1.82) is 0 Å². The SMILES string of the molecule is Clc1ccc(CC[C@]2(Cn3ccnc3)OC[C@@H](COc3ccc(N4CCCCC4)cc3)O2)cc1. The summed E-state index contributed by atoms with van der Waals surface area (Å²) in [6.45, 7) is 3.82. The number of nitrogens with zero attached hydrogens (tertiary/aromatic N) is 3. The van der Waals surface area contributed by atoms with Crippen LogP contribution in [0.1, 0.15) is 31.2 Å². The van der Waals surface area contributed by atoms with Gasteiger partial charge in [0.15, 0.2) is 5.79 Å². The highest BCUT2D eigenvalue weighted by Gasteiger charge is 2.42. The van der Waals surface area contributed by atoms with Crippen LogP contribution in [-0.2, 0) is 22.4 Å². The fourth-order valence-corrected chi connectivity index (χ4v) is 4.86. The Morgan fingerprint density at radius 2 is 1.82 bits per heavy atom. The van der Waals surface area contributed by atoms with E-state index in [1.165, 1.54) is 30.5 Å². The molecular formula is C27H32ClN3O3. The molecule has 0 saturated carbocycles. The van der Waals surface area contributed by atoms with E-state index in [9.17, 15) is 0 Å². The van der Waals surface area contributed by atoms with Crippen molar-refractivity contribution in [2.24, 2.45) is 0 Å². The molecule has 6 nitrogen and oxygen atoms in total. The van der Waals surface area contributed by atoms with E-state index in [-0.39, 0.29) is 6.10 Å². The normalized spacial score (nSPS) is 22.7. The summed E-state index contributed by atoms with van der Waals surface area (Å²) < 4.78 is 20.8. The molecule has 0 spiro atoms. The van der Waals surface area contributed by atoms with Gasteiger partial charge in [0.2, 0.25) is 0 Å². The van der Waals surface area contributed by atoms with E-state index in [0.29, 0.717) is 19.8 Å². The van der Waals surface area contributed by atoms with E-state index < -0.39 is 5.79 Å². The quantitative estimate of drug-likeness (QED) is 0.412. The summed E-state index contributed by atoms with van der Waals surface area (Å²) in [5, 5.41) is 0.742. The van der Waals surface area contributed by atoms with Crippen LogP contribution in [0.25, 0.3) is 0 Å². The lowest BCUT2D eigenvalue weighted by atomic mass is 10.0. The maximum absolute atomic E-state index is 6.48. The molecular weight excluding hydrogens is 450 g/mol. The third kappa shape index (κ3) is 5.93. The molecule has 2 atom stereocenters. The molecule has 2 fully saturated rings. The minimum Gasteiger partial charge on any atom is -0.491 e. The molecule has 2 aliphatic rings. The maximum Gasteiger partial charge on any atom is 0.187 e. The van der Waals surface area contributed by atoms with Crippen LogP contribution < -0.4 is 9.64 Å². The van der Waals surface area contributed by atoms with Gasteiger partial charge in [-0.2, -0.15) is 0 Å². The van der Waals surface area contributed by atoms with Crippen LogP contribution in [0.15, 0.2) is 67.3 Å². The molecule has 3 heterocycles. The Bertz CT molecular complexity index is 1020. The van der Waals surface area contributed by atoms with E-state index in [0.717, 1.165) is 36.7 Å². The Morgan fingerprint density at radius 3 is 2.56 bits per heavy atom. The average Bonchev–Trinajstić information content (AvgIpc) is 3.54. The highest BCUT2D eigenvalue weighted by Crippen LogP contribution is 2.32. The second-order valence-corrected chi connectivity index (χ2v) is 9.61. The standard InChI is InChI=1S/C27H32ClN3O3/c28-23-6-4-22(5-7-23)12-13-27(20-30-17-14-29-21-30)33-19-26(34-27)18-32-25-10-8-24(9-11-25)31-15-2-1-3-16-31/h4-11,14,17,21,26H,1-3,12-13,15-16,18-20H2/t26-,27+/m1/s1. The van der Waals surface area contributed by atoms with Crippen molar-refractivity contribution in [2.75, 3.05) is 31.2 Å².